The summed E-state index contributed by atoms with van der Waals surface area (Å²) in [5.41, 5.74) is 1.87. The molecule has 3 aromatic rings. The molecule has 2 aromatic carbocycles. The lowest BCUT2D eigenvalue weighted by molar-refractivity contribution is -0.117. The van der Waals surface area contributed by atoms with E-state index in [0.717, 1.165) is 35.9 Å². The van der Waals surface area contributed by atoms with Crippen LogP contribution in [-0.4, -0.2) is 36.3 Å². The third-order valence-corrected chi connectivity index (χ3v) is 5.74. The van der Waals surface area contributed by atoms with Crippen molar-refractivity contribution >= 4 is 34.5 Å². The number of nitriles is 1. The molecule has 0 radical (unpaired) electrons. The molecule has 1 atom stereocenters. The Morgan fingerprint density at radius 2 is 2.09 bits per heavy atom. The fourth-order valence-electron chi connectivity index (χ4n) is 3.80. The van der Waals surface area contributed by atoms with Crippen LogP contribution in [0.5, 0.6) is 5.75 Å². The molecular formula is C25H24ClN3O3. The summed E-state index contributed by atoms with van der Waals surface area (Å²) >= 11 is 6.16. The lowest BCUT2D eigenvalue weighted by atomic mass is 10.1. The molecule has 0 bridgehead atoms. The van der Waals surface area contributed by atoms with Crippen LogP contribution in [0.25, 0.3) is 17.0 Å². The zero-order valence-electron chi connectivity index (χ0n) is 17.6. The fourth-order valence-corrected chi connectivity index (χ4v) is 3.99. The number of carbonyl (C=O) groups is 1. The summed E-state index contributed by atoms with van der Waals surface area (Å²) in [5, 5.41) is 13.9. The summed E-state index contributed by atoms with van der Waals surface area (Å²) in [4.78, 5) is 12.5. The van der Waals surface area contributed by atoms with E-state index in [1.807, 2.05) is 54.7 Å². The van der Waals surface area contributed by atoms with Crippen LogP contribution < -0.4 is 10.1 Å². The second kappa shape index (κ2) is 10.4. The number of nitrogens with zero attached hydrogens (tertiary/aromatic N) is 2. The number of halogens is 1. The molecule has 6 nitrogen and oxygen atoms in total. The molecule has 1 aliphatic heterocycles. The minimum Gasteiger partial charge on any atom is -0.490 e. The zero-order chi connectivity index (χ0) is 22.3. The van der Waals surface area contributed by atoms with Crippen LogP contribution in [0.1, 0.15) is 18.4 Å². The lowest BCUT2D eigenvalue weighted by Crippen LogP contribution is -2.32. The number of aromatic nitrogens is 1. The van der Waals surface area contributed by atoms with Gasteiger partial charge >= 0.3 is 0 Å². The summed E-state index contributed by atoms with van der Waals surface area (Å²) < 4.78 is 13.4. The number of hydrogen-bond donors (Lipinski definition) is 1. The van der Waals surface area contributed by atoms with E-state index < -0.39 is 0 Å². The number of fused-ring (bicyclic) bond motifs is 1. The zero-order valence-corrected chi connectivity index (χ0v) is 18.3. The minimum absolute atomic E-state index is 0.0268. The van der Waals surface area contributed by atoms with Gasteiger partial charge in [-0.15, -0.1) is 0 Å². The van der Waals surface area contributed by atoms with Gasteiger partial charge in [0.15, 0.2) is 0 Å². The van der Waals surface area contributed by atoms with Crippen LogP contribution in [0.2, 0.25) is 5.02 Å². The Labute approximate surface area is 192 Å². The smallest absolute Gasteiger partial charge is 0.262 e. The molecule has 0 spiro atoms. The second-order valence-corrected chi connectivity index (χ2v) is 8.00. The van der Waals surface area contributed by atoms with Crippen LogP contribution in [0, 0.1) is 11.3 Å². The van der Waals surface area contributed by atoms with Crippen molar-refractivity contribution in [2.24, 2.45) is 0 Å². The molecule has 1 unspecified atom stereocenters. The van der Waals surface area contributed by atoms with Crippen LogP contribution >= 0.6 is 11.6 Å². The Morgan fingerprint density at radius 1 is 1.28 bits per heavy atom. The predicted octanol–water partition coefficient (Wildman–Crippen LogP) is 4.58. The van der Waals surface area contributed by atoms with Gasteiger partial charge in [0.2, 0.25) is 0 Å². The molecule has 2 heterocycles. The molecule has 32 heavy (non-hydrogen) atoms. The number of amides is 1. The Balaban J connectivity index is 1.50. The Hall–Kier alpha value is -3.27. The van der Waals surface area contributed by atoms with Gasteiger partial charge in [-0.3, -0.25) is 4.79 Å². The van der Waals surface area contributed by atoms with Gasteiger partial charge in [0, 0.05) is 35.8 Å². The van der Waals surface area contributed by atoms with E-state index in [0.29, 0.717) is 30.5 Å². The van der Waals surface area contributed by atoms with E-state index in [4.69, 9.17) is 21.1 Å². The van der Waals surface area contributed by atoms with E-state index >= 15 is 0 Å². The standard InChI is InChI=1S/C25H24ClN3O3/c26-22-8-2-4-10-24(22)32-13-11-29-17-19(21-7-1-3-9-23(21)29)14-18(15-27)25(30)28-16-20-6-5-12-31-20/h1-4,7-10,14,17,20H,5-6,11-13,16H2,(H,28,30)/b18-14+. The second-order valence-electron chi connectivity index (χ2n) is 7.59. The molecule has 0 saturated carbocycles. The van der Waals surface area contributed by atoms with Crippen molar-refractivity contribution in [1.82, 2.24) is 9.88 Å². The van der Waals surface area contributed by atoms with Crippen molar-refractivity contribution in [2.75, 3.05) is 19.8 Å². The Kier molecular flexibility index (Phi) is 7.10. The molecular weight excluding hydrogens is 426 g/mol. The molecule has 1 amide bonds. The molecule has 1 aliphatic rings. The predicted molar refractivity (Wildman–Crippen MR) is 124 cm³/mol. The van der Waals surface area contributed by atoms with Crippen molar-refractivity contribution in [1.29, 1.82) is 5.26 Å². The highest BCUT2D eigenvalue weighted by Crippen LogP contribution is 2.25. The topological polar surface area (TPSA) is 76.3 Å². The summed E-state index contributed by atoms with van der Waals surface area (Å²) in [6.07, 6.45) is 5.53. The summed E-state index contributed by atoms with van der Waals surface area (Å²) in [6, 6.07) is 17.3. The van der Waals surface area contributed by atoms with Crippen LogP contribution in [0.3, 0.4) is 0 Å². The number of nitrogens with one attached hydrogen (secondary N) is 1. The molecule has 7 heteroatoms. The minimum atomic E-state index is -0.387. The largest absolute Gasteiger partial charge is 0.490 e. The third kappa shape index (κ3) is 5.13. The van der Waals surface area contributed by atoms with Crippen molar-refractivity contribution in [3.05, 3.63) is 70.9 Å². The van der Waals surface area contributed by atoms with Crippen LogP contribution in [-0.2, 0) is 16.1 Å². The third-order valence-electron chi connectivity index (χ3n) is 5.43. The number of rotatable bonds is 8. The summed E-state index contributed by atoms with van der Waals surface area (Å²) in [6.45, 7) is 2.16. The maximum absolute atomic E-state index is 12.5. The number of hydrogen-bond acceptors (Lipinski definition) is 4. The van der Waals surface area contributed by atoms with Gasteiger partial charge in [-0.25, -0.2) is 0 Å². The first-order valence-electron chi connectivity index (χ1n) is 10.6. The Bertz CT molecular complexity index is 1170. The van der Waals surface area contributed by atoms with Crippen LogP contribution in [0.4, 0.5) is 0 Å². The van der Waals surface area contributed by atoms with E-state index in [1.165, 1.54) is 0 Å². The van der Waals surface area contributed by atoms with E-state index in [2.05, 4.69) is 9.88 Å². The molecule has 164 valence electrons. The van der Waals surface area contributed by atoms with Gasteiger partial charge in [0.25, 0.3) is 5.91 Å². The average molecular weight is 450 g/mol. The first kappa shape index (κ1) is 21.9. The summed E-state index contributed by atoms with van der Waals surface area (Å²) in [5.74, 6) is 0.252. The van der Waals surface area contributed by atoms with Crippen molar-refractivity contribution < 1.29 is 14.3 Å². The van der Waals surface area contributed by atoms with E-state index in [1.54, 1.807) is 12.1 Å². The average Bonchev–Trinajstić information content (AvgIpc) is 3.45. The van der Waals surface area contributed by atoms with Gasteiger partial charge in [-0.2, -0.15) is 5.26 Å². The molecule has 0 aliphatic carbocycles. The van der Waals surface area contributed by atoms with Crippen molar-refractivity contribution in [3.8, 4) is 11.8 Å². The normalized spacial score (nSPS) is 16.1. The van der Waals surface area contributed by atoms with Gasteiger partial charge in [-0.1, -0.05) is 41.9 Å². The quantitative estimate of drug-likeness (QED) is 0.403. The lowest BCUT2D eigenvalue weighted by Gasteiger charge is -2.10. The summed E-state index contributed by atoms with van der Waals surface area (Å²) in [7, 11) is 0. The molecule has 1 fully saturated rings. The SMILES string of the molecule is N#C/C(=C\c1cn(CCOc2ccccc2Cl)c2ccccc12)C(=O)NCC1CCCO1. The monoisotopic (exact) mass is 449 g/mol. The number of carbonyl (C=O) groups excluding carboxylic acids is 1. The van der Waals surface area contributed by atoms with Crippen molar-refractivity contribution in [3.63, 3.8) is 0 Å². The Morgan fingerprint density at radius 3 is 2.88 bits per heavy atom. The van der Waals surface area contributed by atoms with Gasteiger partial charge in [0.1, 0.15) is 24.0 Å². The highest BCUT2D eigenvalue weighted by atomic mass is 35.5. The molecule has 1 saturated heterocycles. The number of benzene rings is 2. The maximum atomic E-state index is 12.5. The van der Waals surface area contributed by atoms with Crippen molar-refractivity contribution in [2.45, 2.75) is 25.5 Å². The first-order valence-corrected chi connectivity index (χ1v) is 11.0. The molecule has 4 rings (SSSR count). The highest BCUT2D eigenvalue weighted by Gasteiger charge is 2.18. The maximum Gasteiger partial charge on any atom is 0.262 e. The molecule has 1 aromatic heterocycles. The number of ether oxygens (including phenoxy) is 2. The first-order chi connectivity index (χ1) is 15.7. The van der Waals surface area contributed by atoms with Crippen LogP contribution in [0.15, 0.2) is 60.3 Å². The fraction of sp³-hybridized carbons (Fsp3) is 0.280. The number of para-hydroxylation sites is 2. The van der Waals surface area contributed by atoms with E-state index in [-0.39, 0.29) is 17.6 Å². The molecule has 1 N–H and O–H groups in total. The van der Waals surface area contributed by atoms with Gasteiger partial charge in [-0.05, 0) is 37.1 Å². The highest BCUT2D eigenvalue weighted by molar-refractivity contribution is 6.32. The van der Waals surface area contributed by atoms with Gasteiger partial charge in [0.05, 0.1) is 17.7 Å². The van der Waals surface area contributed by atoms with Gasteiger partial charge < -0.3 is 19.4 Å². The van der Waals surface area contributed by atoms with E-state index in [9.17, 15) is 10.1 Å².